The summed E-state index contributed by atoms with van der Waals surface area (Å²) in [7, 11) is 1.61. The van der Waals surface area contributed by atoms with Gasteiger partial charge < -0.3 is 30.3 Å². The highest BCUT2D eigenvalue weighted by molar-refractivity contribution is 5.99. The monoisotopic (exact) mass is 534 g/mol. The van der Waals surface area contributed by atoms with E-state index in [4.69, 9.17) is 9.47 Å². The van der Waals surface area contributed by atoms with Crippen LogP contribution >= 0.6 is 0 Å². The number of nitrogens with zero attached hydrogens (tertiary/aromatic N) is 3. The van der Waals surface area contributed by atoms with E-state index in [2.05, 4.69) is 32.5 Å². The molecule has 3 aromatic rings. The van der Waals surface area contributed by atoms with Crippen molar-refractivity contribution in [3.8, 4) is 5.75 Å². The van der Waals surface area contributed by atoms with Crippen molar-refractivity contribution in [2.75, 3.05) is 48.9 Å². The van der Waals surface area contributed by atoms with E-state index in [1.54, 1.807) is 42.3 Å². The number of halogens is 1. The van der Waals surface area contributed by atoms with Gasteiger partial charge in [-0.3, -0.25) is 9.59 Å². The van der Waals surface area contributed by atoms with Crippen LogP contribution in [-0.4, -0.2) is 55.2 Å². The standard InChI is InChI=1S/C28H31FN6O4/c1-3-25(36)30-18-26(37)35-13-5-4-6-19-7-8-21(16-24(19)35)32-27-23(29)17-31-28(34-27)33-20-9-11-22(12-10-20)39-15-14-38-2/h3,7-12,16-17H,1,4-6,13-15,18H2,2H3,(H,30,36)(H2,31,32,33,34). The highest BCUT2D eigenvalue weighted by Gasteiger charge is 2.22. The number of amides is 2. The van der Waals surface area contributed by atoms with E-state index in [9.17, 15) is 14.0 Å². The molecule has 4 rings (SSSR count). The van der Waals surface area contributed by atoms with Gasteiger partial charge in [-0.05, 0) is 67.3 Å². The van der Waals surface area contributed by atoms with Crippen molar-refractivity contribution in [1.82, 2.24) is 15.3 Å². The first-order chi connectivity index (χ1) is 19.0. The molecule has 0 radical (unpaired) electrons. The van der Waals surface area contributed by atoms with Gasteiger partial charge in [0.15, 0.2) is 11.6 Å². The molecule has 11 heteroatoms. The summed E-state index contributed by atoms with van der Waals surface area (Å²) >= 11 is 0. The lowest BCUT2D eigenvalue weighted by Crippen LogP contribution is -2.40. The molecule has 2 amide bonds. The molecule has 2 heterocycles. The van der Waals surface area contributed by atoms with Gasteiger partial charge in [0.25, 0.3) is 0 Å². The third-order valence-electron chi connectivity index (χ3n) is 6.03. The van der Waals surface area contributed by atoms with Crippen molar-refractivity contribution in [1.29, 1.82) is 0 Å². The zero-order valence-corrected chi connectivity index (χ0v) is 21.7. The minimum atomic E-state index is -0.627. The van der Waals surface area contributed by atoms with Gasteiger partial charge in [-0.15, -0.1) is 0 Å². The quantitative estimate of drug-likeness (QED) is 0.249. The van der Waals surface area contributed by atoms with Crippen molar-refractivity contribution in [2.24, 2.45) is 0 Å². The predicted octanol–water partition coefficient (Wildman–Crippen LogP) is 4.10. The lowest BCUT2D eigenvalue weighted by atomic mass is 10.1. The van der Waals surface area contributed by atoms with Crippen LogP contribution in [-0.2, 0) is 20.7 Å². The second kappa shape index (κ2) is 13.3. The van der Waals surface area contributed by atoms with Gasteiger partial charge in [0.05, 0.1) is 19.3 Å². The van der Waals surface area contributed by atoms with Gasteiger partial charge in [0.2, 0.25) is 17.8 Å². The zero-order valence-electron chi connectivity index (χ0n) is 21.7. The Hall–Kier alpha value is -4.51. The molecular formula is C28H31FN6O4. The normalized spacial score (nSPS) is 12.6. The van der Waals surface area contributed by atoms with Crippen LogP contribution < -0.4 is 25.6 Å². The summed E-state index contributed by atoms with van der Waals surface area (Å²) in [5, 5.41) is 8.60. The molecule has 39 heavy (non-hydrogen) atoms. The van der Waals surface area contributed by atoms with Crippen LogP contribution in [0.2, 0.25) is 0 Å². The molecule has 0 saturated heterocycles. The van der Waals surface area contributed by atoms with Crippen LogP contribution in [0.5, 0.6) is 5.75 Å². The molecule has 0 aliphatic carbocycles. The van der Waals surface area contributed by atoms with E-state index >= 15 is 0 Å². The Morgan fingerprint density at radius 2 is 1.90 bits per heavy atom. The minimum absolute atomic E-state index is 0.0169. The molecular weight excluding hydrogens is 503 g/mol. The maximum Gasteiger partial charge on any atom is 0.246 e. The summed E-state index contributed by atoms with van der Waals surface area (Å²) in [4.78, 5) is 34.4. The smallest absolute Gasteiger partial charge is 0.246 e. The number of benzene rings is 2. The molecule has 0 saturated carbocycles. The highest BCUT2D eigenvalue weighted by Crippen LogP contribution is 2.31. The van der Waals surface area contributed by atoms with Gasteiger partial charge in [-0.2, -0.15) is 4.98 Å². The molecule has 2 aromatic carbocycles. The number of rotatable bonds is 11. The van der Waals surface area contributed by atoms with Crippen molar-refractivity contribution >= 4 is 40.6 Å². The zero-order chi connectivity index (χ0) is 27.6. The first-order valence-electron chi connectivity index (χ1n) is 12.6. The van der Waals surface area contributed by atoms with Gasteiger partial charge >= 0.3 is 0 Å². The molecule has 0 fully saturated rings. The number of methoxy groups -OCH3 is 1. The minimum Gasteiger partial charge on any atom is -0.491 e. The summed E-state index contributed by atoms with van der Waals surface area (Å²) in [6, 6.07) is 12.7. The number of anilines is 5. The maximum atomic E-state index is 14.7. The molecule has 10 nitrogen and oxygen atoms in total. The summed E-state index contributed by atoms with van der Waals surface area (Å²) in [6.45, 7) is 4.72. The van der Waals surface area contributed by atoms with E-state index in [1.165, 1.54) is 0 Å². The van der Waals surface area contributed by atoms with E-state index in [1.807, 2.05) is 12.1 Å². The summed E-state index contributed by atoms with van der Waals surface area (Å²) in [6.07, 6.45) is 4.78. The van der Waals surface area contributed by atoms with Gasteiger partial charge in [0, 0.05) is 30.7 Å². The molecule has 0 spiro atoms. The van der Waals surface area contributed by atoms with Crippen LogP contribution in [0.4, 0.5) is 33.2 Å². The fourth-order valence-electron chi connectivity index (χ4n) is 4.06. The van der Waals surface area contributed by atoms with Crippen LogP contribution in [0.3, 0.4) is 0 Å². The Morgan fingerprint density at radius 1 is 1.10 bits per heavy atom. The summed E-state index contributed by atoms with van der Waals surface area (Å²) < 4.78 is 25.2. The lowest BCUT2D eigenvalue weighted by Gasteiger charge is -2.24. The number of fused-ring (bicyclic) bond motifs is 1. The Balaban J connectivity index is 1.48. The third kappa shape index (κ3) is 7.51. The molecule has 1 aliphatic heterocycles. The molecule has 204 valence electrons. The van der Waals surface area contributed by atoms with Crippen LogP contribution in [0, 0.1) is 5.82 Å². The number of carbonyl (C=O) groups is 2. The average Bonchev–Trinajstić information content (AvgIpc) is 3.16. The predicted molar refractivity (Wildman–Crippen MR) is 147 cm³/mol. The Labute approximate surface area is 226 Å². The number of ether oxygens (including phenoxy) is 2. The molecule has 1 aliphatic rings. The van der Waals surface area contributed by atoms with E-state index in [0.29, 0.717) is 36.9 Å². The topological polar surface area (TPSA) is 118 Å². The largest absolute Gasteiger partial charge is 0.491 e. The SMILES string of the molecule is C=CC(=O)NCC(=O)N1CCCCc2ccc(Nc3nc(Nc4ccc(OCCOC)cc4)ncc3F)cc21. The maximum absolute atomic E-state index is 14.7. The molecule has 3 N–H and O–H groups in total. The Morgan fingerprint density at radius 3 is 2.67 bits per heavy atom. The number of hydrogen-bond acceptors (Lipinski definition) is 8. The van der Waals surface area contributed by atoms with Gasteiger partial charge in [0.1, 0.15) is 12.4 Å². The van der Waals surface area contributed by atoms with Crippen molar-refractivity contribution < 1.29 is 23.5 Å². The number of carbonyl (C=O) groups excluding carboxylic acids is 2. The first kappa shape index (κ1) is 27.5. The second-order valence-corrected chi connectivity index (χ2v) is 8.77. The fourth-order valence-corrected chi connectivity index (χ4v) is 4.06. The van der Waals surface area contributed by atoms with Crippen molar-refractivity contribution in [3.63, 3.8) is 0 Å². The number of aromatic nitrogens is 2. The Kier molecular flexibility index (Phi) is 9.41. The van der Waals surface area contributed by atoms with Crippen LogP contribution in [0.1, 0.15) is 18.4 Å². The number of hydrogen-bond donors (Lipinski definition) is 3. The first-order valence-corrected chi connectivity index (χ1v) is 12.6. The highest BCUT2D eigenvalue weighted by atomic mass is 19.1. The van der Waals surface area contributed by atoms with Crippen molar-refractivity contribution in [2.45, 2.75) is 19.3 Å². The van der Waals surface area contributed by atoms with E-state index in [0.717, 1.165) is 42.8 Å². The van der Waals surface area contributed by atoms with Crippen molar-refractivity contribution in [3.05, 3.63) is 72.7 Å². The Bertz CT molecular complexity index is 1320. The molecule has 0 unspecified atom stereocenters. The lowest BCUT2D eigenvalue weighted by molar-refractivity contribution is -0.122. The summed E-state index contributed by atoms with van der Waals surface area (Å²) in [5.41, 5.74) is 2.98. The summed E-state index contributed by atoms with van der Waals surface area (Å²) in [5.74, 6) is -0.395. The number of nitrogens with one attached hydrogen (secondary N) is 3. The van der Waals surface area contributed by atoms with Crippen LogP contribution in [0.25, 0.3) is 0 Å². The third-order valence-corrected chi connectivity index (χ3v) is 6.03. The molecule has 0 bridgehead atoms. The average molecular weight is 535 g/mol. The van der Waals surface area contributed by atoms with Crippen LogP contribution in [0.15, 0.2) is 61.3 Å². The second-order valence-electron chi connectivity index (χ2n) is 8.77. The molecule has 1 aromatic heterocycles. The van der Waals surface area contributed by atoms with E-state index in [-0.39, 0.29) is 24.2 Å². The van der Waals surface area contributed by atoms with E-state index < -0.39 is 11.7 Å². The number of aryl methyl sites for hydroxylation is 1. The van der Waals surface area contributed by atoms with Gasteiger partial charge in [-0.25, -0.2) is 9.37 Å². The molecule has 0 atom stereocenters. The van der Waals surface area contributed by atoms with Gasteiger partial charge in [-0.1, -0.05) is 12.6 Å². The fraction of sp³-hybridized carbons (Fsp3) is 0.286.